The van der Waals surface area contributed by atoms with Gasteiger partial charge in [-0.05, 0) is 59.3 Å². The zero-order valence-corrected chi connectivity index (χ0v) is 10.1. The first kappa shape index (κ1) is 9.45. The molecule has 0 amide bonds. The van der Waals surface area contributed by atoms with Crippen LogP contribution in [0.1, 0.15) is 55.4 Å². The van der Waals surface area contributed by atoms with Gasteiger partial charge in [-0.2, -0.15) is 0 Å². The van der Waals surface area contributed by atoms with Crippen molar-refractivity contribution in [2.75, 3.05) is 0 Å². The smallest absolute Gasteiger partial charge is 0.00671 e. The monoisotopic (exact) mass is 200 g/mol. The van der Waals surface area contributed by atoms with Crippen molar-refractivity contribution in [3.05, 3.63) is 34.4 Å². The maximum absolute atomic E-state index is 2.38. The summed E-state index contributed by atoms with van der Waals surface area (Å²) in [6, 6.07) is 4.75. The molecule has 80 valence electrons. The minimum Gasteiger partial charge on any atom is -0.0596 e. The first-order valence-electron chi connectivity index (χ1n) is 6.21. The van der Waals surface area contributed by atoms with Crippen LogP contribution in [0.5, 0.6) is 0 Å². The first-order chi connectivity index (χ1) is 7.07. The minimum atomic E-state index is 0.449. The summed E-state index contributed by atoms with van der Waals surface area (Å²) in [5.41, 5.74) is 7.18. The highest BCUT2D eigenvalue weighted by molar-refractivity contribution is 5.52. The van der Waals surface area contributed by atoms with Crippen molar-refractivity contribution in [3.8, 4) is 0 Å². The van der Waals surface area contributed by atoms with E-state index in [4.69, 9.17) is 0 Å². The van der Waals surface area contributed by atoms with E-state index in [0.717, 1.165) is 5.92 Å². The average molecular weight is 200 g/mol. The van der Waals surface area contributed by atoms with E-state index in [1.165, 1.54) is 25.7 Å². The third-order valence-electron chi connectivity index (χ3n) is 4.24. The van der Waals surface area contributed by atoms with Crippen LogP contribution in [0.15, 0.2) is 12.1 Å². The average Bonchev–Trinajstić information content (AvgIpc) is 2.48. The Kier molecular flexibility index (Phi) is 1.81. The van der Waals surface area contributed by atoms with Crippen LogP contribution >= 0.6 is 0 Å². The molecule has 0 fully saturated rings. The van der Waals surface area contributed by atoms with Gasteiger partial charge in [0, 0.05) is 0 Å². The van der Waals surface area contributed by atoms with Crippen LogP contribution in [0, 0.1) is 5.41 Å². The van der Waals surface area contributed by atoms with Crippen LogP contribution < -0.4 is 0 Å². The lowest BCUT2D eigenvalue weighted by Crippen LogP contribution is -2.30. The molecule has 0 spiro atoms. The summed E-state index contributed by atoms with van der Waals surface area (Å²) in [5.74, 6) is 0.820. The fourth-order valence-corrected chi connectivity index (χ4v) is 3.29. The van der Waals surface area contributed by atoms with E-state index in [0.29, 0.717) is 5.41 Å². The second-order valence-corrected chi connectivity index (χ2v) is 6.25. The van der Waals surface area contributed by atoms with Crippen LogP contribution in [-0.2, 0) is 19.3 Å². The van der Waals surface area contributed by atoms with E-state index >= 15 is 0 Å². The summed E-state index contributed by atoms with van der Waals surface area (Å²) in [7, 11) is 0. The predicted molar refractivity (Wildman–Crippen MR) is 64.4 cm³/mol. The Balaban J connectivity index is 2.09. The Morgan fingerprint density at radius 2 is 1.80 bits per heavy atom. The van der Waals surface area contributed by atoms with Crippen molar-refractivity contribution in [3.63, 3.8) is 0 Å². The third-order valence-corrected chi connectivity index (χ3v) is 4.24. The zero-order valence-electron chi connectivity index (χ0n) is 10.1. The molecule has 1 atom stereocenters. The molecule has 0 heterocycles. The molecule has 0 radical (unpaired) electrons. The number of hydrogen-bond acceptors (Lipinski definition) is 0. The van der Waals surface area contributed by atoms with Gasteiger partial charge in [-0.3, -0.25) is 0 Å². The lowest BCUT2D eigenvalue weighted by Gasteiger charge is -2.41. The Labute approximate surface area is 92.7 Å². The summed E-state index contributed by atoms with van der Waals surface area (Å²) < 4.78 is 0. The molecule has 0 bridgehead atoms. The minimum absolute atomic E-state index is 0.449. The number of fused-ring (bicyclic) bond motifs is 3. The maximum atomic E-state index is 2.38. The molecule has 0 aliphatic heterocycles. The molecule has 0 aromatic heterocycles. The third kappa shape index (κ3) is 1.27. The molecule has 3 rings (SSSR count). The van der Waals surface area contributed by atoms with Gasteiger partial charge in [0.15, 0.2) is 0 Å². The molecule has 1 aromatic carbocycles. The van der Waals surface area contributed by atoms with Gasteiger partial charge in [0.05, 0.1) is 0 Å². The van der Waals surface area contributed by atoms with Gasteiger partial charge in [0.1, 0.15) is 0 Å². The number of rotatable bonds is 0. The van der Waals surface area contributed by atoms with E-state index in [9.17, 15) is 0 Å². The summed E-state index contributed by atoms with van der Waals surface area (Å²) in [6.45, 7) is 7.15. The van der Waals surface area contributed by atoms with Crippen molar-refractivity contribution in [2.24, 2.45) is 5.41 Å². The van der Waals surface area contributed by atoms with Crippen LogP contribution in [0.2, 0.25) is 0 Å². The molecule has 1 aromatic rings. The summed E-state index contributed by atoms with van der Waals surface area (Å²) >= 11 is 0. The highest BCUT2D eigenvalue weighted by Crippen LogP contribution is 2.50. The maximum Gasteiger partial charge on any atom is -0.00671 e. The second-order valence-electron chi connectivity index (χ2n) is 6.25. The van der Waals surface area contributed by atoms with Crippen LogP contribution in [-0.4, -0.2) is 0 Å². The summed E-state index contributed by atoms with van der Waals surface area (Å²) in [4.78, 5) is 0. The molecule has 0 N–H and O–H groups in total. The molecular formula is C15H20. The van der Waals surface area contributed by atoms with E-state index in [1.54, 1.807) is 22.3 Å². The highest BCUT2D eigenvalue weighted by Gasteiger charge is 2.38. The summed E-state index contributed by atoms with van der Waals surface area (Å²) in [5, 5.41) is 0. The Hall–Kier alpha value is -0.780. The van der Waals surface area contributed by atoms with Crippen LogP contribution in [0.25, 0.3) is 0 Å². The van der Waals surface area contributed by atoms with E-state index < -0.39 is 0 Å². The van der Waals surface area contributed by atoms with Crippen LogP contribution in [0.4, 0.5) is 0 Å². The number of benzene rings is 1. The molecule has 2 aliphatic rings. The Morgan fingerprint density at radius 1 is 1.07 bits per heavy atom. The van der Waals surface area contributed by atoms with Crippen molar-refractivity contribution < 1.29 is 0 Å². The van der Waals surface area contributed by atoms with Gasteiger partial charge in [-0.25, -0.2) is 0 Å². The zero-order chi connectivity index (χ0) is 10.6. The van der Waals surface area contributed by atoms with Gasteiger partial charge in [0.2, 0.25) is 0 Å². The quantitative estimate of drug-likeness (QED) is 0.596. The molecule has 2 aliphatic carbocycles. The van der Waals surface area contributed by atoms with Crippen LogP contribution in [0.3, 0.4) is 0 Å². The van der Waals surface area contributed by atoms with E-state index in [1.807, 2.05) is 0 Å². The van der Waals surface area contributed by atoms with E-state index in [2.05, 4.69) is 32.9 Å². The molecular weight excluding hydrogens is 180 g/mol. The largest absolute Gasteiger partial charge is 0.0596 e. The molecule has 0 nitrogen and oxygen atoms in total. The number of hydrogen-bond donors (Lipinski definition) is 0. The lowest BCUT2D eigenvalue weighted by atomic mass is 9.63. The van der Waals surface area contributed by atoms with Crippen molar-refractivity contribution >= 4 is 0 Å². The van der Waals surface area contributed by atoms with Crippen molar-refractivity contribution in [1.29, 1.82) is 0 Å². The Morgan fingerprint density at radius 3 is 2.53 bits per heavy atom. The fraction of sp³-hybridized carbons (Fsp3) is 0.600. The SMILES string of the molecule is CC(C)(C)C1Cc2ccc3c(c21)CCC3. The van der Waals surface area contributed by atoms with Gasteiger partial charge in [0.25, 0.3) is 0 Å². The molecule has 0 saturated carbocycles. The van der Waals surface area contributed by atoms with E-state index in [-0.39, 0.29) is 0 Å². The molecule has 0 saturated heterocycles. The van der Waals surface area contributed by atoms with Gasteiger partial charge in [-0.1, -0.05) is 32.9 Å². The topological polar surface area (TPSA) is 0 Å². The lowest BCUT2D eigenvalue weighted by molar-refractivity contribution is 0.290. The van der Waals surface area contributed by atoms with Crippen molar-refractivity contribution in [1.82, 2.24) is 0 Å². The van der Waals surface area contributed by atoms with Crippen molar-refractivity contribution in [2.45, 2.75) is 52.4 Å². The molecule has 15 heavy (non-hydrogen) atoms. The van der Waals surface area contributed by atoms with Gasteiger partial charge in [-0.15, -0.1) is 0 Å². The number of aryl methyl sites for hydroxylation is 1. The second kappa shape index (κ2) is 2.87. The summed E-state index contributed by atoms with van der Waals surface area (Å²) in [6.07, 6.45) is 5.35. The molecule has 0 heteroatoms. The first-order valence-corrected chi connectivity index (χ1v) is 6.21. The van der Waals surface area contributed by atoms with Gasteiger partial charge < -0.3 is 0 Å². The molecule has 1 unspecified atom stereocenters. The van der Waals surface area contributed by atoms with Gasteiger partial charge >= 0.3 is 0 Å². The Bertz CT molecular complexity index is 407. The normalized spacial score (nSPS) is 23.3. The predicted octanol–water partition coefficient (Wildman–Crippen LogP) is 3.86. The highest BCUT2D eigenvalue weighted by atomic mass is 14.4. The standard InChI is InChI=1S/C15H20/c1-15(2,3)13-9-11-8-7-10-5-4-6-12(10)14(11)13/h7-8,13H,4-6,9H2,1-3H3. The fourth-order valence-electron chi connectivity index (χ4n) is 3.29.